The predicted molar refractivity (Wildman–Crippen MR) is 60.3 cm³/mol. The van der Waals surface area contributed by atoms with E-state index in [-0.39, 0.29) is 12.4 Å². The molecular weight excluding hydrogens is 262 g/mol. The van der Waals surface area contributed by atoms with E-state index in [9.17, 15) is 17.6 Å². The first kappa shape index (κ1) is 13.4. The molecule has 1 heterocycles. The Morgan fingerprint density at radius 2 is 1.74 bits per heavy atom. The van der Waals surface area contributed by atoms with Crippen molar-refractivity contribution in [1.82, 2.24) is 9.97 Å². The molecule has 3 nitrogen and oxygen atoms in total. The van der Waals surface area contributed by atoms with Crippen LogP contribution in [0.3, 0.4) is 0 Å². The monoisotopic (exact) mass is 271 g/mol. The molecule has 0 saturated heterocycles. The number of halogens is 4. The zero-order valence-electron chi connectivity index (χ0n) is 9.58. The van der Waals surface area contributed by atoms with Crippen molar-refractivity contribution in [3.63, 3.8) is 0 Å². The average Bonchev–Trinajstić information content (AvgIpc) is 2.37. The first-order valence-electron chi connectivity index (χ1n) is 5.30. The van der Waals surface area contributed by atoms with Crippen molar-refractivity contribution in [3.05, 3.63) is 47.5 Å². The molecule has 0 aliphatic carbocycles. The minimum absolute atomic E-state index is 0.176. The van der Waals surface area contributed by atoms with Crippen LogP contribution in [0.4, 0.5) is 17.6 Å². The van der Waals surface area contributed by atoms with Gasteiger partial charge < -0.3 is 5.73 Å². The Hall–Kier alpha value is -2.02. The number of benzene rings is 1. The van der Waals surface area contributed by atoms with Gasteiger partial charge in [0.15, 0.2) is 5.82 Å². The van der Waals surface area contributed by atoms with E-state index < -0.39 is 23.1 Å². The third-order valence-electron chi connectivity index (χ3n) is 2.47. The molecule has 19 heavy (non-hydrogen) atoms. The average molecular weight is 271 g/mol. The smallest absolute Gasteiger partial charge is 0.326 e. The third kappa shape index (κ3) is 2.87. The molecular formula is C12H9F4N3. The lowest BCUT2D eigenvalue weighted by Gasteiger charge is -2.12. The molecule has 0 aliphatic rings. The molecule has 0 spiro atoms. The van der Waals surface area contributed by atoms with E-state index in [2.05, 4.69) is 9.97 Å². The van der Waals surface area contributed by atoms with Crippen molar-refractivity contribution in [2.45, 2.75) is 12.7 Å². The number of nitrogens with zero attached hydrogens (tertiary/aromatic N) is 2. The maximum Gasteiger partial charge on any atom is 0.417 e. The third-order valence-corrected chi connectivity index (χ3v) is 2.47. The van der Waals surface area contributed by atoms with Gasteiger partial charge >= 0.3 is 6.18 Å². The lowest BCUT2D eigenvalue weighted by molar-refractivity contribution is -0.137. The molecule has 0 atom stereocenters. The summed E-state index contributed by atoms with van der Waals surface area (Å²) in [5.74, 6) is -0.974. The van der Waals surface area contributed by atoms with Crippen LogP contribution in [0.1, 0.15) is 11.1 Å². The topological polar surface area (TPSA) is 51.8 Å². The van der Waals surface area contributed by atoms with Crippen LogP contribution in [0.15, 0.2) is 30.6 Å². The van der Waals surface area contributed by atoms with Gasteiger partial charge in [0.05, 0.1) is 5.56 Å². The Labute approximate surface area is 106 Å². The van der Waals surface area contributed by atoms with Crippen LogP contribution in [0, 0.1) is 5.82 Å². The van der Waals surface area contributed by atoms with Crippen LogP contribution < -0.4 is 5.73 Å². The van der Waals surface area contributed by atoms with Crippen LogP contribution in [0.25, 0.3) is 11.4 Å². The molecule has 0 amide bonds. The highest BCUT2D eigenvalue weighted by molar-refractivity contribution is 5.61. The Morgan fingerprint density at radius 1 is 1.11 bits per heavy atom. The van der Waals surface area contributed by atoms with Gasteiger partial charge in [0.25, 0.3) is 0 Å². The van der Waals surface area contributed by atoms with Gasteiger partial charge in [0, 0.05) is 30.1 Å². The fourth-order valence-electron chi connectivity index (χ4n) is 1.55. The molecule has 2 N–H and O–H groups in total. The van der Waals surface area contributed by atoms with E-state index in [1.165, 1.54) is 12.4 Å². The standard InChI is InChI=1S/C12H9F4N3/c13-8-1-2-10(12(14,15)16)9(3-8)11-18-5-7(4-17)6-19-11/h1-3,5-6H,4,17H2. The lowest BCUT2D eigenvalue weighted by atomic mass is 10.1. The van der Waals surface area contributed by atoms with Crippen molar-refractivity contribution in [2.24, 2.45) is 5.73 Å². The highest BCUT2D eigenvalue weighted by atomic mass is 19.4. The summed E-state index contributed by atoms with van der Waals surface area (Å²) in [5, 5.41) is 0. The van der Waals surface area contributed by atoms with Gasteiger partial charge in [-0.1, -0.05) is 0 Å². The number of rotatable bonds is 2. The molecule has 1 aromatic carbocycles. The second kappa shape index (κ2) is 4.93. The molecule has 0 saturated carbocycles. The summed E-state index contributed by atoms with van der Waals surface area (Å²) in [5.41, 5.74) is 4.55. The second-order valence-electron chi connectivity index (χ2n) is 3.81. The van der Waals surface area contributed by atoms with E-state index >= 15 is 0 Å². The van der Waals surface area contributed by atoms with Crippen LogP contribution in [-0.2, 0) is 12.7 Å². The van der Waals surface area contributed by atoms with Gasteiger partial charge in [-0.05, 0) is 18.2 Å². The van der Waals surface area contributed by atoms with Crippen LogP contribution in [0.5, 0.6) is 0 Å². The SMILES string of the molecule is NCc1cnc(-c2cc(F)ccc2C(F)(F)F)nc1. The molecule has 7 heteroatoms. The minimum atomic E-state index is -4.60. The molecule has 0 aliphatic heterocycles. The molecule has 2 aromatic rings. The zero-order valence-corrected chi connectivity index (χ0v) is 9.58. The van der Waals surface area contributed by atoms with Crippen molar-refractivity contribution < 1.29 is 17.6 Å². The summed E-state index contributed by atoms with van der Waals surface area (Å²) in [7, 11) is 0. The minimum Gasteiger partial charge on any atom is -0.326 e. The Morgan fingerprint density at radius 3 is 2.26 bits per heavy atom. The lowest BCUT2D eigenvalue weighted by Crippen LogP contribution is -2.09. The number of hydrogen-bond donors (Lipinski definition) is 1. The van der Waals surface area contributed by atoms with E-state index in [0.717, 1.165) is 12.1 Å². The van der Waals surface area contributed by atoms with Crippen LogP contribution in [0.2, 0.25) is 0 Å². The summed E-state index contributed by atoms with van der Waals surface area (Å²) in [6, 6.07) is 2.19. The van der Waals surface area contributed by atoms with E-state index in [1.54, 1.807) is 0 Å². The first-order chi connectivity index (χ1) is 8.91. The van der Waals surface area contributed by atoms with Crippen LogP contribution in [-0.4, -0.2) is 9.97 Å². The Balaban J connectivity index is 2.56. The number of aromatic nitrogens is 2. The van der Waals surface area contributed by atoms with Crippen molar-refractivity contribution in [2.75, 3.05) is 0 Å². The van der Waals surface area contributed by atoms with Crippen LogP contribution >= 0.6 is 0 Å². The van der Waals surface area contributed by atoms with Crippen molar-refractivity contribution in [3.8, 4) is 11.4 Å². The summed E-state index contributed by atoms with van der Waals surface area (Å²) in [6.07, 6.45) is -1.97. The summed E-state index contributed by atoms with van der Waals surface area (Å²) < 4.78 is 51.6. The molecule has 0 unspecified atom stereocenters. The molecule has 2 rings (SSSR count). The highest BCUT2D eigenvalue weighted by Gasteiger charge is 2.34. The number of hydrogen-bond acceptors (Lipinski definition) is 3. The van der Waals surface area contributed by atoms with Gasteiger partial charge in [-0.2, -0.15) is 13.2 Å². The summed E-state index contributed by atoms with van der Waals surface area (Å²) in [4.78, 5) is 7.55. The Bertz CT molecular complexity index is 579. The Kier molecular flexibility index (Phi) is 3.48. The zero-order chi connectivity index (χ0) is 14.0. The predicted octanol–water partition coefficient (Wildman–Crippen LogP) is 2.76. The number of nitrogens with two attached hydrogens (primary N) is 1. The molecule has 1 aromatic heterocycles. The molecule has 0 radical (unpaired) electrons. The first-order valence-corrected chi connectivity index (χ1v) is 5.30. The highest BCUT2D eigenvalue weighted by Crippen LogP contribution is 2.36. The second-order valence-corrected chi connectivity index (χ2v) is 3.81. The summed E-state index contributed by atoms with van der Waals surface area (Å²) in [6.45, 7) is 0.176. The van der Waals surface area contributed by atoms with Gasteiger partial charge in [0.1, 0.15) is 5.82 Å². The van der Waals surface area contributed by atoms with Gasteiger partial charge in [-0.25, -0.2) is 14.4 Å². The largest absolute Gasteiger partial charge is 0.417 e. The normalized spacial score (nSPS) is 11.6. The van der Waals surface area contributed by atoms with Gasteiger partial charge in [-0.15, -0.1) is 0 Å². The maximum absolute atomic E-state index is 13.1. The quantitative estimate of drug-likeness (QED) is 0.854. The molecule has 0 bridgehead atoms. The molecule has 0 fully saturated rings. The van der Waals surface area contributed by atoms with Crippen molar-refractivity contribution in [1.29, 1.82) is 0 Å². The van der Waals surface area contributed by atoms with Gasteiger partial charge in [0.2, 0.25) is 0 Å². The van der Waals surface area contributed by atoms with Crippen molar-refractivity contribution >= 4 is 0 Å². The number of alkyl halides is 3. The van der Waals surface area contributed by atoms with E-state index in [1.807, 2.05) is 0 Å². The van der Waals surface area contributed by atoms with Gasteiger partial charge in [-0.3, -0.25) is 0 Å². The summed E-state index contributed by atoms with van der Waals surface area (Å²) >= 11 is 0. The fraction of sp³-hybridized carbons (Fsp3) is 0.167. The van der Waals surface area contributed by atoms with E-state index in [4.69, 9.17) is 5.73 Å². The maximum atomic E-state index is 13.1. The molecule has 100 valence electrons. The fourth-order valence-corrected chi connectivity index (χ4v) is 1.55. The van der Waals surface area contributed by atoms with E-state index in [0.29, 0.717) is 11.6 Å².